The summed E-state index contributed by atoms with van der Waals surface area (Å²) in [4.78, 5) is 22.9. The Morgan fingerprint density at radius 1 is 1.03 bits per heavy atom. The van der Waals surface area contributed by atoms with Gasteiger partial charge in [0.2, 0.25) is 5.95 Å². The molecular weight excluding hydrogens is 416 g/mol. The van der Waals surface area contributed by atoms with E-state index >= 15 is 0 Å². The Morgan fingerprint density at radius 3 is 2.61 bits per heavy atom. The summed E-state index contributed by atoms with van der Waals surface area (Å²) >= 11 is 0. The molecule has 33 heavy (non-hydrogen) atoms. The van der Waals surface area contributed by atoms with Gasteiger partial charge in [0, 0.05) is 63.4 Å². The Bertz CT molecular complexity index is 854. The lowest BCUT2D eigenvalue weighted by atomic mass is 9.92. The van der Waals surface area contributed by atoms with Gasteiger partial charge in [0.15, 0.2) is 0 Å². The van der Waals surface area contributed by atoms with Gasteiger partial charge >= 0.3 is 6.01 Å². The average molecular weight is 455 g/mol. The van der Waals surface area contributed by atoms with Crippen LogP contribution in [0.2, 0.25) is 0 Å². The van der Waals surface area contributed by atoms with Crippen LogP contribution in [0.15, 0.2) is 18.6 Å². The summed E-state index contributed by atoms with van der Waals surface area (Å²) in [7, 11) is 0. The van der Waals surface area contributed by atoms with E-state index in [-0.39, 0.29) is 6.61 Å². The average Bonchev–Trinajstić information content (AvgIpc) is 2.87. The van der Waals surface area contributed by atoms with Crippen LogP contribution in [-0.4, -0.2) is 69.3 Å². The third-order valence-electron chi connectivity index (χ3n) is 6.86. The van der Waals surface area contributed by atoms with Crippen LogP contribution in [0.25, 0.3) is 0 Å². The molecule has 2 aromatic heterocycles. The Morgan fingerprint density at radius 2 is 1.85 bits per heavy atom. The van der Waals surface area contributed by atoms with Crippen molar-refractivity contribution in [3.63, 3.8) is 0 Å². The largest absolute Gasteiger partial charge is 0.463 e. The van der Waals surface area contributed by atoms with E-state index in [4.69, 9.17) is 9.84 Å². The number of piperidine rings is 1. The molecular formula is C25H38N6O2. The van der Waals surface area contributed by atoms with Crippen molar-refractivity contribution in [2.24, 2.45) is 5.92 Å². The third-order valence-corrected chi connectivity index (χ3v) is 6.86. The van der Waals surface area contributed by atoms with Crippen LogP contribution in [0, 0.1) is 5.92 Å². The molecule has 0 bridgehead atoms. The van der Waals surface area contributed by atoms with E-state index in [9.17, 15) is 0 Å². The number of fused-ring (bicyclic) bond motifs is 1. The van der Waals surface area contributed by atoms with Crippen molar-refractivity contribution < 1.29 is 9.84 Å². The molecule has 1 N–H and O–H groups in total. The number of nitrogens with zero attached hydrogens (tertiary/aromatic N) is 6. The summed E-state index contributed by atoms with van der Waals surface area (Å²) in [6.07, 6.45) is 14.2. The van der Waals surface area contributed by atoms with Crippen LogP contribution >= 0.6 is 0 Å². The van der Waals surface area contributed by atoms with Crippen LogP contribution < -0.4 is 9.64 Å². The first-order chi connectivity index (χ1) is 16.2. The first-order valence-electron chi connectivity index (χ1n) is 12.6. The molecule has 2 aliphatic heterocycles. The van der Waals surface area contributed by atoms with Gasteiger partial charge in [-0.1, -0.05) is 6.92 Å². The van der Waals surface area contributed by atoms with Crippen LogP contribution in [-0.2, 0) is 19.4 Å². The molecule has 0 radical (unpaired) electrons. The van der Waals surface area contributed by atoms with Gasteiger partial charge in [-0.05, 0) is 63.0 Å². The molecule has 4 rings (SSSR count). The van der Waals surface area contributed by atoms with E-state index in [1.807, 2.05) is 18.6 Å². The van der Waals surface area contributed by atoms with Gasteiger partial charge < -0.3 is 14.7 Å². The third kappa shape index (κ3) is 6.84. The highest BCUT2D eigenvalue weighted by molar-refractivity contribution is 5.30. The minimum atomic E-state index is 0.274. The van der Waals surface area contributed by atoms with Crippen molar-refractivity contribution in [1.82, 2.24) is 24.8 Å². The maximum atomic E-state index is 8.96. The quantitative estimate of drug-likeness (QED) is 0.519. The maximum Gasteiger partial charge on any atom is 0.316 e. The second-order valence-corrected chi connectivity index (χ2v) is 9.25. The molecule has 0 aromatic carbocycles. The number of ether oxygens (including phenoxy) is 1. The van der Waals surface area contributed by atoms with Gasteiger partial charge in [0.05, 0.1) is 12.3 Å². The second kappa shape index (κ2) is 12.2. The standard InChI is InChI=1S/C25H38N6O2/c1-2-20-16-26-24(27-17-20)31-12-7-21(8-13-31)6-5-15-33-25-28-18-22-19-30(10-3-4-14-32)11-9-23(22)29-25/h16-18,21,32H,2-15,19H2,1H3. The Balaban J connectivity index is 1.14. The highest BCUT2D eigenvalue weighted by atomic mass is 16.5. The predicted octanol–water partition coefficient (Wildman–Crippen LogP) is 3.04. The van der Waals surface area contributed by atoms with Crippen LogP contribution in [0.4, 0.5) is 5.95 Å². The SMILES string of the molecule is CCc1cnc(N2CCC(CCCOc3ncc4c(n3)CCN(CCCCO)C4)CC2)nc1. The fourth-order valence-corrected chi connectivity index (χ4v) is 4.71. The Labute approximate surface area is 197 Å². The highest BCUT2D eigenvalue weighted by Gasteiger charge is 2.21. The zero-order chi connectivity index (χ0) is 22.9. The summed E-state index contributed by atoms with van der Waals surface area (Å²) in [5, 5.41) is 8.96. The smallest absolute Gasteiger partial charge is 0.316 e. The highest BCUT2D eigenvalue weighted by Crippen LogP contribution is 2.24. The van der Waals surface area contributed by atoms with Gasteiger partial charge in [-0.3, -0.25) is 4.90 Å². The molecule has 0 atom stereocenters. The molecule has 0 unspecified atom stereocenters. The van der Waals surface area contributed by atoms with E-state index in [0.29, 0.717) is 12.6 Å². The molecule has 1 saturated heterocycles. The summed E-state index contributed by atoms with van der Waals surface area (Å²) in [5.74, 6) is 1.60. The minimum Gasteiger partial charge on any atom is -0.463 e. The molecule has 2 aromatic rings. The lowest BCUT2D eigenvalue weighted by molar-refractivity contribution is 0.224. The van der Waals surface area contributed by atoms with E-state index in [1.165, 1.54) is 30.4 Å². The van der Waals surface area contributed by atoms with Crippen molar-refractivity contribution in [1.29, 1.82) is 0 Å². The summed E-state index contributed by atoms with van der Waals surface area (Å²) in [6.45, 7) is 8.07. The fraction of sp³-hybridized carbons (Fsp3) is 0.680. The number of aromatic nitrogens is 4. The van der Waals surface area contributed by atoms with Crippen LogP contribution in [0.5, 0.6) is 6.01 Å². The molecule has 0 aliphatic carbocycles. The number of aryl methyl sites for hydroxylation is 1. The van der Waals surface area contributed by atoms with Gasteiger partial charge in [-0.15, -0.1) is 0 Å². The van der Waals surface area contributed by atoms with E-state index < -0.39 is 0 Å². The number of hydrogen-bond donors (Lipinski definition) is 1. The molecule has 0 amide bonds. The summed E-state index contributed by atoms with van der Waals surface area (Å²) in [6, 6.07) is 0.518. The van der Waals surface area contributed by atoms with Crippen molar-refractivity contribution >= 4 is 5.95 Å². The topological polar surface area (TPSA) is 87.5 Å². The van der Waals surface area contributed by atoms with Crippen molar-refractivity contribution in [2.75, 3.05) is 44.3 Å². The molecule has 0 saturated carbocycles. The van der Waals surface area contributed by atoms with Gasteiger partial charge in [-0.2, -0.15) is 4.98 Å². The summed E-state index contributed by atoms with van der Waals surface area (Å²) in [5.41, 5.74) is 3.52. The zero-order valence-electron chi connectivity index (χ0n) is 20.0. The molecule has 1 fully saturated rings. The lowest BCUT2D eigenvalue weighted by Crippen LogP contribution is -2.35. The van der Waals surface area contributed by atoms with E-state index in [1.54, 1.807) is 0 Å². The van der Waals surface area contributed by atoms with E-state index in [2.05, 4.69) is 36.7 Å². The monoisotopic (exact) mass is 454 g/mol. The molecule has 180 valence electrons. The van der Waals surface area contributed by atoms with Gasteiger partial charge in [0.1, 0.15) is 0 Å². The molecule has 8 nitrogen and oxygen atoms in total. The molecule has 0 spiro atoms. The second-order valence-electron chi connectivity index (χ2n) is 9.25. The predicted molar refractivity (Wildman–Crippen MR) is 128 cm³/mol. The van der Waals surface area contributed by atoms with Crippen molar-refractivity contribution in [2.45, 2.75) is 64.8 Å². The van der Waals surface area contributed by atoms with Crippen LogP contribution in [0.1, 0.15) is 62.3 Å². The molecule has 4 heterocycles. The van der Waals surface area contributed by atoms with Crippen molar-refractivity contribution in [3.8, 4) is 6.01 Å². The Hall–Kier alpha value is -2.32. The molecule has 8 heteroatoms. The normalized spacial score (nSPS) is 17.2. The molecule has 2 aliphatic rings. The van der Waals surface area contributed by atoms with Crippen LogP contribution in [0.3, 0.4) is 0 Å². The first kappa shape index (κ1) is 23.8. The first-order valence-corrected chi connectivity index (χ1v) is 12.6. The number of anilines is 1. The number of unbranched alkanes of at least 4 members (excludes halogenated alkanes) is 1. The Kier molecular flexibility index (Phi) is 8.83. The minimum absolute atomic E-state index is 0.274. The maximum absolute atomic E-state index is 8.96. The zero-order valence-corrected chi connectivity index (χ0v) is 20.0. The summed E-state index contributed by atoms with van der Waals surface area (Å²) < 4.78 is 5.89. The fourth-order valence-electron chi connectivity index (χ4n) is 4.71. The lowest BCUT2D eigenvalue weighted by Gasteiger charge is -2.32. The number of hydrogen-bond acceptors (Lipinski definition) is 8. The number of aliphatic hydroxyl groups excluding tert-OH is 1. The number of rotatable bonds is 11. The van der Waals surface area contributed by atoms with Gasteiger partial charge in [-0.25, -0.2) is 15.0 Å². The van der Waals surface area contributed by atoms with Gasteiger partial charge in [0.25, 0.3) is 0 Å². The number of aliphatic hydroxyl groups is 1. The van der Waals surface area contributed by atoms with Crippen molar-refractivity contribution in [3.05, 3.63) is 35.4 Å². The van der Waals surface area contributed by atoms with E-state index in [0.717, 1.165) is 82.4 Å².